The number of alkyl carbamates (subject to hydrolysis) is 2. The van der Waals surface area contributed by atoms with Crippen molar-refractivity contribution in [3.63, 3.8) is 0 Å². The van der Waals surface area contributed by atoms with E-state index in [9.17, 15) is 19.2 Å². The van der Waals surface area contributed by atoms with Gasteiger partial charge in [-0.25, -0.2) is 19.6 Å². The van der Waals surface area contributed by atoms with E-state index in [1.165, 1.54) is 14.2 Å². The smallest absolute Gasteiger partial charge is 0.407 e. The lowest BCUT2D eigenvalue weighted by atomic mass is 9.99. The predicted molar refractivity (Wildman–Crippen MR) is 226 cm³/mol. The Hall–Kier alpha value is -5.89. The van der Waals surface area contributed by atoms with Gasteiger partial charge in [0.1, 0.15) is 34.6 Å². The van der Waals surface area contributed by atoms with Gasteiger partial charge < -0.3 is 39.9 Å². The molecule has 3 aromatic carbocycles. The molecule has 0 unspecified atom stereocenters. The molecule has 0 aliphatic carbocycles. The summed E-state index contributed by atoms with van der Waals surface area (Å²) in [6.45, 7) is 13.7. The van der Waals surface area contributed by atoms with E-state index in [4.69, 9.17) is 31.0 Å². The van der Waals surface area contributed by atoms with Crippen molar-refractivity contribution in [2.75, 3.05) is 14.2 Å². The highest BCUT2D eigenvalue weighted by Gasteiger charge is 2.42. The number of carbonyl (C=O) groups is 4. The van der Waals surface area contributed by atoms with Gasteiger partial charge in [0, 0.05) is 22.7 Å². The number of hydrogen-bond donors (Lipinski definition) is 4. The summed E-state index contributed by atoms with van der Waals surface area (Å²) >= 11 is 6.77. The van der Waals surface area contributed by atoms with E-state index in [1.807, 2.05) is 65.0 Å². The van der Waals surface area contributed by atoms with Crippen LogP contribution in [0.1, 0.15) is 84.0 Å². The summed E-state index contributed by atoms with van der Waals surface area (Å²) in [6, 6.07) is 16.1. The molecule has 2 fully saturated rings. The summed E-state index contributed by atoms with van der Waals surface area (Å²) in [7, 11) is 2.55. The highest BCUT2D eigenvalue weighted by atomic mass is 35.5. The Labute approximate surface area is 348 Å². The Balaban J connectivity index is 1.11. The Bertz CT molecular complexity index is 2420. The Morgan fingerprint density at radius 3 is 2.03 bits per heavy atom. The molecule has 2 aromatic heterocycles. The number of halogens is 1. The molecule has 2 saturated heterocycles. The molecule has 14 nitrogen and oxygen atoms in total. The minimum atomic E-state index is -0.780. The number of imidazole rings is 2. The van der Waals surface area contributed by atoms with Crippen molar-refractivity contribution in [3.8, 4) is 22.4 Å². The fraction of sp³-hybridized carbons (Fsp3) is 0.409. The number of carbonyl (C=O) groups excluding carboxylic acids is 4. The van der Waals surface area contributed by atoms with E-state index in [0.29, 0.717) is 47.5 Å². The van der Waals surface area contributed by atoms with Crippen LogP contribution in [0.2, 0.25) is 5.15 Å². The molecule has 0 radical (unpaired) electrons. The molecule has 0 spiro atoms. The number of aromatic amines is 2. The average Bonchev–Trinajstić information content (AvgIpc) is 4.02. The lowest BCUT2D eigenvalue weighted by Gasteiger charge is -2.32. The van der Waals surface area contributed by atoms with Crippen molar-refractivity contribution >= 4 is 57.4 Å². The second-order valence-electron chi connectivity index (χ2n) is 16.1. The van der Waals surface area contributed by atoms with Gasteiger partial charge in [-0.05, 0) is 73.1 Å². The molecule has 310 valence electrons. The van der Waals surface area contributed by atoms with E-state index >= 15 is 0 Å². The largest absolute Gasteiger partial charge is 0.453 e. The molecule has 5 atom stereocenters. The molecule has 4 heterocycles. The van der Waals surface area contributed by atoms with Crippen LogP contribution in [0, 0.1) is 11.8 Å². The Morgan fingerprint density at radius 1 is 0.780 bits per heavy atom. The van der Waals surface area contributed by atoms with E-state index in [-0.39, 0.29) is 41.8 Å². The maximum atomic E-state index is 13.8. The van der Waals surface area contributed by atoms with Gasteiger partial charge in [0.2, 0.25) is 11.8 Å². The van der Waals surface area contributed by atoms with Gasteiger partial charge in [-0.3, -0.25) is 9.59 Å². The monoisotopic (exact) mass is 822 g/mol. The van der Waals surface area contributed by atoms with Crippen molar-refractivity contribution in [2.24, 2.45) is 11.8 Å². The number of nitrogens with zero attached hydrogens (tertiary/aromatic N) is 4. The van der Waals surface area contributed by atoms with Crippen LogP contribution in [0.3, 0.4) is 0 Å². The molecule has 7 rings (SSSR count). The average molecular weight is 823 g/mol. The van der Waals surface area contributed by atoms with Crippen LogP contribution in [0.5, 0.6) is 0 Å². The number of fused-ring (bicyclic) bond motifs is 3. The quantitative estimate of drug-likeness (QED) is 0.109. The van der Waals surface area contributed by atoms with Gasteiger partial charge in [-0.2, -0.15) is 0 Å². The van der Waals surface area contributed by atoms with Gasteiger partial charge in [-0.15, -0.1) is 0 Å². The third-order valence-corrected chi connectivity index (χ3v) is 11.9. The number of nitrogens with one attached hydrogen (secondary N) is 4. The van der Waals surface area contributed by atoms with Crippen LogP contribution in [-0.2, 0) is 19.1 Å². The van der Waals surface area contributed by atoms with Gasteiger partial charge in [0.05, 0.1) is 37.3 Å². The van der Waals surface area contributed by atoms with Crippen LogP contribution in [0.15, 0.2) is 66.9 Å². The number of hydrogen-bond acceptors (Lipinski definition) is 8. The van der Waals surface area contributed by atoms with E-state index in [1.54, 1.807) is 9.80 Å². The molecular weight excluding hydrogens is 772 g/mol. The zero-order valence-corrected chi connectivity index (χ0v) is 35.1. The fourth-order valence-corrected chi connectivity index (χ4v) is 8.62. The predicted octanol–water partition coefficient (Wildman–Crippen LogP) is 8.42. The number of likely N-dealkylation sites (tertiary alicyclic amines) is 2. The third-order valence-electron chi connectivity index (χ3n) is 11.6. The molecule has 5 aromatic rings. The molecule has 0 saturated carbocycles. The molecule has 15 heteroatoms. The standard InChI is InChI=1S/C44H51ClN8O6/c1-22(2)34(49-43(56)58-7)41(54)52-24(5)9-19-32(52)39-46-31-18-16-29-21-28(15-17-30(29)37(31)48-39)26-11-13-27(14-12-26)36-38(45)51-40(47-36)33-20-10-25(6)53(33)42(55)35(23(3)4)50-44(57)59-8/h11-18,21-23,25,32-35H,5,9-10,19-20H2,1-4,6-8H3,(H,46,48)(H,47,51)(H,49,56)(H,50,57)/t25-,32-,33-,34-,35-/m0/s1. The zero-order valence-electron chi connectivity index (χ0n) is 34.4. The minimum absolute atomic E-state index is 0.0532. The zero-order chi connectivity index (χ0) is 42.3. The Morgan fingerprint density at radius 2 is 1.39 bits per heavy atom. The van der Waals surface area contributed by atoms with Crippen LogP contribution >= 0.6 is 11.6 Å². The van der Waals surface area contributed by atoms with Crippen LogP contribution < -0.4 is 10.6 Å². The minimum Gasteiger partial charge on any atom is -0.453 e. The second kappa shape index (κ2) is 16.8. The molecule has 4 N–H and O–H groups in total. The van der Waals surface area contributed by atoms with Crippen molar-refractivity contribution in [3.05, 3.63) is 83.7 Å². The highest BCUT2D eigenvalue weighted by Crippen LogP contribution is 2.41. The summed E-state index contributed by atoms with van der Waals surface area (Å²) in [4.78, 5) is 71.9. The maximum absolute atomic E-state index is 13.8. The van der Waals surface area contributed by atoms with Crippen molar-refractivity contribution < 1.29 is 28.7 Å². The van der Waals surface area contributed by atoms with Gasteiger partial charge in [0.15, 0.2) is 0 Å². The highest BCUT2D eigenvalue weighted by molar-refractivity contribution is 6.32. The summed E-state index contributed by atoms with van der Waals surface area (Å²) < 4.78 is 9.57. The number of amides is 4. The number of methoxy groups -OCH3 is 2. The molecule has 2 aliphatic rings. The number of H-pyrrole nitrogens is 2. The topological polar surface area (TPSA) is 175 Å². The van der Waals surface area contributed by atoms with Gasteiger partial charge in [0.25, 0.3) is 0 Å². The van der Waals surface area contributed by atoms with Crippen molar-refractivity contribution in [1.82, 2.24) is 40.4 Å². The van der Waals surface area contributed by atoms with Crippen LogP contribution in [0.25, 0.3) is 44.2 Å². The van der Waals surface area contributed by atoms with E-state index in [0.717, 1.165) is 44.9 Å². The number of aromatic nitrogens is 4. The normalized spacial score (nSPS) is 19.2. The first-order valence-electron chi connectivity index (χ1n) is 20.0. The lowest BCUT2D eigenvalue weighted by molar-refractivity contribution is -0.137. The first-order chi connectivity index (χ1) is 28.2. The van der Waals surface area contributed by atoms with Gasteiger partial charge in [-0.1, -0.05) is 88.3 Å². The molecule has 0 bridgehead atoms. The number of rotatable bonds is 10. The first-order valence-corrected chi connectivity index (χ1v) is 20.4. The fourth-order valence-electron chi connectivity index (χ4n) is 8.37. The first kappa shape index (κ1) is 41.3. The summed E-state index contributed by atoms with van der Waals surface area (Å²) in [5.41, 5.74) is 5.78. The molecular formula is C44H51ClN8O6. The SMILES string of the molecule is C=C1CC[C@@H](c2nc3c(ccc4cc(-c5ccc(-c6nc([C@@H]7CC[C@H](C)N7C(=O)[C@@H](NC(=O)OC)C(C)C)[nH]c6Cl)cc5)ccc43)[nH]2)N1C(=O)[C@@H](NC(=O)OC)C(C)C. The van der Waals surface area contributed by atoms with Crippen LogP contribution in [-0.4, -0.2) is 86.1 Å². The molecule has 4 amide bonds. The third kappa shape index (κ3) is 7.97. The number of benzene rings is 3. The van der Waals surface area contributed by atoms with Gasteiger partial charge >= 0.3 is 12.2 Å². The molecule has 2 aliphatic heterocycles. The van der Waals surface area contributed by atoms with E-state index in [2.05, 4.69) is 51.4 Å². The van der Waals surface area contributed by atoms with Crippen LogP contribution in [0.4, 0.5) is 9.59 Å². The lowest BCUT2D eigenvalue weighted by Crippen LogP contribution is -2.52. The summed E-state index contributed by atoms with van der Waals surface area (Å²) in [5.74, 6) is 0.505. The second-order valence-corrected chi connectivity index (χ2v) is 16.5. The van der Waals surface area contributed by atoms with E-state index < -0.39 is 24.3 Å². The van der Waals surface area contributed by atoms with Crippen molar-refractivity contribution in [2.45, 2.75) is 90.5 Å². The number of ether oxygens (including phenoxy) is 2. The molecule has 59 heavy (non-hydrogen) atoms. The Kier molecular flexibility index (Phi) is 11.7. The number of allylic oxidation sites excluding steroid dienone is 1. The summed E-state index contributed by atoms with van der Waals surface area (Å²) in [6.07, 6.45) is 1.46. The van der Waals surface area contributed by atoms with Crippen molar-refractivity contribution in [1.29, 1.82) is 0 Å². The summed E-state index contributed by atoms with van der Waals surface area (Å²) in [5, 5.41) is 7.75. The maximum Gasteiger partial charge on any atom is 0.407 e.